The molecule has 1 aliphatic heterocycles. The van der Waals surface area contributed by atoms with E-state index in [0.717, 1.165) is 26.1 Å². The molecule has 1 aliphatic rings. The zero-order valence-electron chi connectivity index (χ0n) is 10.5. The Balaban J connectivity index is 1.96. The fraction of sp³-hybridized carbons (Fsp3) is 0.538. The van der Waals surface area contributed by atoms with E-state index in [-0.39, 0.29) is 22.3 Å². The molecule has 0 atom stereocenters. The smallest absolute Gasteiger partial charge is 0.256 e. The van der Waals surface area contributed by atoms with Crippen LogP contribution in [0, 0.1) is 5.41 Å². The molecule has 0 unspecified atom stereocenters. The Morgan fingerprint density at radius 2 is 2.22 bits per heavy atom. The number of aromatic amines is 1. The zero-order valence-corrected chi connectivity index (χ0v) is 10.5. The third-order valence-electron chi connectivity index (χ3n) is 3.44. The number of carbonyl (C=O) groups is 1. The number of hydrogen-bond donors (Lipinski definition) is 2. The van der Waals surface area contributed by atoms with Crippen LogP contribution in [0.2, 0.25) is 0 Å². The second-order valence-electron chi connectivity index (χ2n) is 5.03. The van der Waals surface area contributed by atoms with Crippen molar-refractivity contribution in [1.82, 2.24) is 10.3 Å². The molecule has 2 heterocycles. The molecule has 1 aromatic heterocycles. The van der Waals surface area contributed by atoms with Crippen LogP contribution in [0.1, 0.15) is 30.1 Å². The van der Waals surface area contributed by atoms with Gasteiger partial charge in [0.2, 0.25) is 0 Å². The Hall–Kier alpha value is -1.62. The highest BCUT2D eigenvalue weighted by molar-refractivity contribution is 5.93. The summed E-state index contributed by atoms with van der Waals surface area (Å²) in [6.45, 7) is 4.17. The van der Waals surface area contributed by atoms with E-state index in [1.165, 1.54) is 18.5 Å². The minimum absolute atomic E-state index is 0.0649. The standard InChI is InChI=1S/C13H18N2O3/c1-13(3-6-18-7-4-13)9-15-12(17)10-8-14-5-2-11(10)16/h2,5,8H,3-4,6-7,9H2,1H3,(H,14,16)(H,15,17). The van der Waals surface area contributed by atoms with Crippen LogP contribution in [0.3, 0.4) is 0 Å². The summed E-state index contributed by atoms with van der Waals surface area (Å²) in [7, 11) is 0. The predicted molar refractivity (Wildman–Crippen MR) is 67.6 cm³/mol. The normalized spacial score (nSPS) is 18.3. The molecular weight excluding hydrogens is 232 g/mol. The molecule has 0 aromatic carbocycles. The van der Waals surface area contributed by atoms with Gasteiger partial charge in [-0.1, -0.05) is 6.92 Å². The van der Waals surface area contributed by atoms with E-state index in [2.05, 4.69) is 17.2 Å². The third kappa shape index (κ3) is 2.98. The Kier molecular flexibility index (Phi) is 3.81. The molecule has 1 aromatic rings. The molecule has 2 rings (SSSR count). The average molecular weight is 250 g/mol. The van der Waals surface area contributed by atoms with Gasteiger partial charge in [0.1, 0.15) is 5.56 Å². The predicted octanol–water partition coefficient (Wildman–Crippen LogP) is 0.921. The quantitative estimate of drug-likeness (QED) is 0.838. The van der Waals surface area contributed by atoms with Gasteiger partial charge in [0.15, 0.2) is 5.43 Å². The maximum atomic E-state index is 11.9. The van der Waals surface area contributed by atoms with Crippen LogP contribution in [-0.4, -0.2) is 30.6 Å². The Bertz CT molecular complexity index is 475. The van der Waals surface area contributed by atoms with Gasteiger partial charge in [-0.25, -0.2) is 0 Å². The maximum absolute atomic E-state index is 11.9. The Morgan fingerprint density at radius 3 is 2.89 bits per heavy atom. The topological polar surface area (TPSA) is 71.2 Å². The zero-order chi connectivity index (χ0) is 13.0. The summed E-state index contributed by atoms with van der Waals surface area (Å²) in [6, 6.07) is 1.35. The van der Waals surface area contributed by atoms with Gasteiger partial charge in [-0.2, -0.15) is 0 Å². The summed E-state index contributed by atoms with van der Waals surface area (Å²) in [6.07, 6.45) is 4.81. The first-order valence-corrected chi connectivity index (χ1v) is 6.14. The number of nitrogens with one attached hydrogen (secondary N) is 2. The number of rotatable bonds is 3. The highest BCUT2D eigenvalue weighted by atomic mass is 16.5. The fourth-order valence-electron chi connectivity index (χ4n) is 2.02. The van der Waals surface area contributed by atoms with Gasteiger partial charge >= 0.3 is 0 Å². The molecule has 5 nitrogen and oxygen atoms in total. The van der Waals surface area contributed by atoms with Gasteiger partial charge in [-0.05, 0) is 18.3 Å². The summed E-state index contributed by atoms with van der Waals surface area (Å²) < 4.78 is 5.31. The van der Waals surface area contributed by atoms with Gasteiger partial charge in [-0.15, -0.1) is 0 Å². The molecule has 0 bridgehead atoms. The Morgan fingerprint density at radius 1 is 1.50 bits per heavy atom. The van der Waals surface area contributed by atoms with Gasteiger partial charge < -0.3 is 15.0 Å². The molecule has 18 heavy (non-hydrogen) atoms. The molecule has 0 spiro atoms. The van der Waals surface area contributed by atoms with E-state index in [9.17, 15) is 9.59 Å². The number of amides is 1. The summed E-state index contributed by atoms with van der Waals surface area (Å²) in [5, 5.41) is 2.84. The summed E-state index contributed by atoms with van der Waals surface area (Å²) in [5.74, 6) is -0.315. The molecule has 0 saturated carbocycles. The van der Waals surface area contributed by atoms with Gasteiger partial charge in [0.25, 0.3) is 5.91 Å². The molecular formula is C13H18N2O3. The molecule has 1 saturated heterocycles. The van der Waals surface area contributed by atoms with Crippen molar-refractivity contribution in [3.05, 3.63) is 34.2 Å². The molecule has 0 aliphatic carbocycles. The van der Waals surface area contributed by atoms with Gasteiger partial charge in [-0.3, -0.25) is 9.59 Å². The minimum atomic E-state index is -0.315. The second-order valence-corrected chi connectivity index (χ2v) is 5.03. The van der Waals surface area contributed by atoms with Crippen molar-refractivity contribution in [2.24, 2.45) is 5.41 Å². The van der Waals surface area contributed by atoms with Gasteiger partial charge in [0.05, 0.1) is 0 Å². The van der Waals surface area contributed by atoms with E-state index in [0.29, 0.717) is 6.54 Å². The maximum Gasteiger partial charge on any atom is 0.256 e. The number of aromatic nitrogens is 1. The highest BCUT2D eigenvalue weighted by Gasteiger charge is 2.28. The fourth-order valence-corrected chi connectivity index (χ4v) is 2.02. The molecule has 98 valence electrons. The monoisotopic (exact) mass is 250 g/mol. The number of H-pyrrole nitrogens is 1. The van der Waals surface area contributed by atoms with Gasteiger partial charge in [0, 0.05) is 38.2 Å². The molecule has 1 fully saturated rings. The molecule has 2 N–H and O–H groups in total. The van der Waals surface area contributed by atoms with Crippen molar-refractivity contribution >= 4 is 5.91 Å². The van der Waals surface area contributed by atoms with Crippen LogP contribution in [-0.2, 0) is 4.74 Å². The van der Waals surface area contributed by atoms with Crippen molar-refractivity contribution in [2.45, 2.75) is 19.8 Å². The SMILES string of the molecule is CC1(CNC(=O)c2c[nH]ccc2=O)CCOCC1. The molecule has 5 heteroatoms. The number of carbonyl (C=O) groups excluding carboxylic acids is 1. The van der Waals surface area contributed by atoms with E-state index >= 15 is 0 Å². The third-order valence-corrected chi connectivity index (χ3v) is 3.44. The van der Waals surface area contributed by atoms with Crippen molar-refractivity contribution < 1.29 is 9.53 Å². The summed E-state index contributed by atoms with van der Waals surface area (Å²) in [4.78, 5) is 26.1. The highest BCUT2D eigenvalue weighted by Crippen LogP contribution is 2.28. The van der Waals surface area contributed by atoms with Crippen molar-refractivity contribution in [2.75, 3.05) is 19.8 Å². The second kappa shape index (κ2) is 5.35. The van der Waals surface area contributed by atoms with E-state index in [1.54, 1.807) is 0 Å². The first-order valence-electron chi connectivity index (χ1n) is 6.14. The first-order chi connectivity index (χ1) is 8.61. The first kappa shape index (κ1) is 12.8. The molecule has 1 amide bonds. The number of hydrogen-bond acceptors (Lipinski definition) is 3. The van der Waals surface area contributed by atoms with E-state index < -0.39 is 0 Å². The largest absolute Gasteiger partial charge is 0.381 e. The van der Waals surface area contributed by atoms with Crippen LogP contribution in [0.25, 0.3) is 0 Å². The van der Waals surface area contributed by atoms with E-state index in [4.69, 9.17) is 4.74 Å². The summed E-state index contributed by atoms with van der Waals surface area (Å²) in [5.41, 5.74) is -0.0355. The van der Waals surface area contributed by atoms with Crippen LogP contribution in [0.5, 0.6) is 0 Å². The lowest BCUT2D eigenvalue weighted by Gasteiger charge is -2.33. The van der Waals surface area contributed by atoms with Crippen LogP contribution in [0.15, 0.2) is 23.3 Å². The summed E-state index contributed by atoms with van der Waals surface area (Å²) >= 11 is 0. The van der Waals surface area contributed by atoms with E-state index in [1.807, 2.05) is 0 Å². The van der Waals surface area contributed by atoms with Crippen molar-refractivity contribution in [3.8, 4) is 0 Å². The van der Waals surface area contributed by atoms with Crippen LogP contribution in [0.4, 0.5) is 0 Å². The number of ether oxygens (including phenoxy) is 1. The van der Waals surface area contributed by atoms with Crippen LogP contribution >= 0.6 is 0 Å². The molecule has 0 radical (unpaired) electrons. The number of pyridine rings is 1. The lowest BCUT2D eigenvalue weighted by molar-refractivity contribution is 0.0238. The lowest BCUT2D eigenvalue weighted by atomic mass is 9.82. The van der Waals surface area contributed by atoms with Crippen molar-refractivity contribution in [1.29, 1.82) is 0 Å². The van der Waals surface area contributed by atoms with Crippen LogP contribution < -0.4 is 10.7 Å². The lowest BCUT2D eigenvalue weighted by Crippen LogP contribution is -2.40. The minimum Gasteiger partial charge on any atom is -0.381 e. The van der Waals surface area contributed by atoms with Crippen molar-refractivity contribution in [3.63, 3.8) is 0 Å². The Labute approximate surface area is 106 Å². The average Bonchev–Trinajstić information content (AvgIpc) is 2.38.